The van der Waals surface area contributed by atoms with E-state index in [0.717, 1.165) is 0 Å². The molecule has 0 atom stereocenters. The molecule has 1 rings (SSSR count). The van der Waals surface area contributed by atoms with Crippen molar-refractivity contribution in [3.05, 3.63) is 46.1 Å². The van der Waals surface area contributed by atoms with E-state index in [1.54, 1.807) is 24.3 Å². The molecule has 0 saturated carbocycles. The molecule has 0 radical (unpaired) electrons. The average molecular weight is 323 g/mol. The van der Waals surface area contributed by atoms with Crippen LogP contribution in [0, 0.1) is 0 Å². The van der Waals surface area contributed by atoms with Gasteiger partial charge in [-0.1, -0.05) is 18.6 Å². The maximum absolute atomic E-state index is 11.1. The zero-order valence-corrected chi connectivity index (χ0v) is 15.4. The van der Waals surface area contributed by atoms with Gasteiger partial charge in [0.1, 0.15) is 12.4 Å². The van der Waals surface area contributed by atoms with Gasteiger partial charge in [-0.25, -0.2) is 0 Å². The molecule has 0 saturated heterocycles. The molecule has 104 valence electrons. The fourth-order valence-electron chi connectivity index (χ4n) is 1.29. The van der Waals surface area contributed by atoms with Crippen molar-refractivity contribution in [3.8, 4) is 5.75 Å². The van der Waals surface area contributed by atoms with Crippen molar-refractivity contribution in [2.24, 2.45) is 11.5 Å². The van der Waals surface area contributed by atoms with Gasteiger partial charge in [-0.3, -0.25) is 4.79 Å². The minimum Gasteiger partial charge on any atom is -0.493 e. The summed E-state index contributed by atoms with van der Waals surface area (Å²) in [4.78, 5) is 11.1. The number of carbonyl (C=O) groups is 1. The molecule has 0 heterocycles. The summed E-state index contributed by atoms with van der Waals surface area (Å²) in [5.41, 5.74) is 10.8. The predicted molar refractivity (Wildman–Crippen MR) is 74.6 cm³/mol. The van der Waals surface area contributed by atoms with Crippen molar-refractivity contribution >= 4 is 17.5 Å². The van der Waals surface area contributed by atoms with Crippen LogP contribution in [0.4, 0.5) is 0 Å². The van der Waals surface area contributed by atoms with Crippen LogP contribution in [0.25, 0.3) is 5.32 Å². The number of rotatable bonds is 7. The number of hydrogen-bond acceptors (Lipinski definition) is 4. The van der Waals surface area contributed by atoms with Crippen molar-refractivity contribution in [2.45, 2.75) is 0 Å². The van der Waals surface area contributed by atoms with Gasteiger partial charge in [0.25, 0.3) is 5.91 Å². The van der Waals surface area contributed by atoms with Crippen LogP contribution in [-0.4, -0.2) is 26.1 Å². The molecule has 0 unspecified atom stereocenters. The van der Waals surface area contributed by atoms with E-state index >= 15 is 0 Å². The second kappa shape index (κ2) is 10.3. The molecule has 5 N–H and O–H groups in total. The summed E-state index contributed by atoms with van der Waals surface area (Å²) in [7, 11) is 1.48. The Bertz CT molecular complexity index is 465. The second-order valence-electron chi connectivity index (χ2n) is 3.58. The SMILES string of the molecule is C[N-]/C(N)=C(/NCCOc1ccc(Cl)cc1)C(N)=O.[K+]. The molecule has 0 spiro atoms. The van der Waals surface area contributed by atoms with Crippen LogP contribution in [0.2, 0.25) is 5.02 Å². The number of ether oxygens (including phenoxy) is 1. The van der Waals surface area contributed by atoms with Crippen LogP contribution in [0.3, 0.4) is 0 Å². The van der Waals surface area contributed by atoms with E-state index < -0.39 is 5.91 Å². The minimum absolute atomic E-state index is 0. The average Bonchev–Trinajstić information content (AvgIpc) is 2.39. The summed E-state index contributed by atoms with van der Waals surface area (Å²) in [6.45, 7) is 0.715. The first-order chi connectivity index (χ1) is 9.04. The molecule has 1 aromatic carbocycles. The van der Waals surface area contributed by atoms with Gasteiger partial charge in [0.2, 0.25) is 0 Å². The third-order valence-corrected chi connectivity index (χ3v) is 2.48. The Kier molecular flexibility index (Phi) is 10.1. The monoisotopic (exact) mass is 322 g/mol. The van der Waals surface area contributed by atoms with Gasteiger partial charge in [0, 0.05) is 11.6 Å². The number of nitrogens with two attached hydrogens (primary N) is 2. The second-order valence-corrected chi connectivity index (χ2v) is 4.01. The van der Waals surface area contributed by atoms with Crippen LogP contribution < -0.4 is 72.9 Å². The standard InChI is InChI=1S/C12H17ClN4O2.K/c1-16-11(14)10(12(15)18)17-6-7-19-9-4-2-8(13)3-5-9;/h2-5,17H,6-7H2,1H3,(H5,14,15,16,18);/q;+1/p-1. The van der Waals surface area contributed by atoms with Crippen LogP contribution >= 0.6 is 11.6 Å². The van der Waals surface area contributed by atoms with E-state index in [0.29, 0.717) is 23.9 Å². The number of nitrogens with one attached hydrogen (secondary N) is 1. The largest absolute Gasteiger partial charge is 1.00 e. The van der Waals surface area contributed by atoms with E-state index in [1.807, 2.05) is 0 Å². The third kappa shape index (κ3) is 6.82. The van der Waals surface area contributed by atoms with Gasteiger partial charge < -0.3 is 26.8 Å². The summed E-state index contributed by atoms with van der Waals surface area (Å²) < 4.78 is 5.44. The molecule has 20 heavy (non-hydrogen) atoms. The van der Waals surface area contributed by atoms with Gasteiger partial charge in [-0.05, 0) is 30.1 Å². The predicted octanol–water partition coefficient (Wildman–Crippen LogP) is -2.07. The van der Waals surface area contributed by atoms with Crippen molar-refractivity contribution in [1.29, 1.82) is 0 Å². The van der Waals surface area contributed by atoms with E-state index in [9.17, 15) is 4.79 Å². The number of amides is 1. The maximum Gasteiger partial charge on any atom is 1.00 e. The van der Waals surface area contributed by atoms with Crippen molar-refractivity contribution in [2.75, 3.05) is 20.2 Å². The Labute approximate surface area is 165 Å². The summed E-state index contributed by atoms with van der Waals surface area (Å²) in [6.07, 6.45) is 0. The molecule has 0 fully saturated rings. The number of nitrogens with zero attached hydrogens (tertiary/aromatic N) is 1. The van der Waals surface area contributed by atoms with E-state index in [-0.39, 0.29) is 62.9 Å². The molecule has 1 aromatic rings. The number of primary amides is 1. The van der Waals surface area contributed by atoms with Crippen molar-refractivity contribution in [3.63, 3.8) is 0 Å². The molecule has 0 bridgehead atoms. The van der Waals surface area contributed by atoms with Crippen LogP contribution in [0.5, 0.6) is 5.75 Å². The van der Waals surface area contributed by atoms with E-state index in [2.05, 4.69) is 10.6 Å². The van der Waals surface area contributed by atoms with Gasteiger partial charge in [0.05, 0.1) is 5.70 Å². The summed E-state index contributed by atoms with van der Waals surface area (Å²) >= 11 is 5.75. The first kappa shape index (κ1) is 19.6. The summed E-state index contributed by atoms with van der Waals surface area (Å²) in [6, 6.07) is 6.96. The van der Waals surface area contributed by atoms with Gasteiger partial charge >= 0.3 is 51.4 Å². The first-order valence-corrected chi connectivity index (χ1v) is 5.94. The van der Waals surface area contributed by atoms with Crippen molar-refractivity contribution < 1.29 is 60.9 Å². The number of benzene rings is 1. The molecule has 6 nitrogen and oxygen atoms in total. The molecule has 0 aliphatic rings. The molecular formula is C12H16ClKN4O2. The fourth-order valence-corrected chi connectivity index (χ4v) is 1.42. The zero-order chi connectivity index (χ0) is 14.3. The van der Waals surface area contributed by atoms with Crippen LogP contribution in [-0.2, 0) is 4.79 Å². The number of halogens is 1. The van der Waals surface area contributed by atoms with Gasteiger partial charge in [-0.15, -0.1) is 0 Å². The molecular weight excluding hydrogens is 307 g/mol. The topological polar surface area (TPSA) is 104 Å². The molecule has 1 amide bonds. The summed E-state index contributed by atoms with van der Waals surface area (Å²) in [5, 5.41) is 7.12. The zero-order valence-electron chi connectivity index (χ0n) is 11.5. The Morgan fingerprint density at radius 1 is 1.35 bits per heavy atom. The van der Waals surface area contributed by atoms with Gasteiger partial charge in [0.15, 0.2) is 0 Å². The molecule has 0 aliphatic carbocycles. The molecule has 8 heteroatoms. The normalized spacial score (nSPS) is 10.9. The smallest absolute Gasteiger partial charge is 0.493 e. The molecule has 0 aliphatic heterocycles. The Balaban J connectivity index is 0.00000361. The van der Waals surface area contributed by atoms with Crippen molar-refractivity contribution in [1.82, 2.24) is 5.32 Å². The minimum atomic E-state index is -0.658. The maximum atomic E-state index is 11.1. The van der Waals surface area contributed by atoms with E-state index in [1.165, 1.54) is 7.05 Å². The van der Waals surface area contributed by atoms with E-state index in [4.69, 9.17) is 27.8 Å². The van der Waals surface area contributed by atoms with Crippen LogP contribution in [0.15, 0.2) is 35.8 Å². The Morgan fingerprint density at radius 2 is 1.95 bits per heavy atom. The van der Waals surface area contributed by atoms with Crippen LogP contribution in [0.1, 0.15) is 0 Å². The Hall–Kier alpha value is -0.444. The quantitative estimate of drug-likeness (QED) is 0.305. The molecule has 0 aromatic heterocycles. The third-order valence-electron chi connectivity index (χ3n) is 2.23. The van der Waals surface area contributed by atoms with Gasteiger partial charge in [-0.2, -0.15) is 0 Å². The number of hydrogen-bond donors (Lipinski definition) is 3. The Morgan fingerprint density at radius 3 is 2.45 bits per heavy atom. The first-order valence-electron chi connectivity index (χ1n) is 5.56. The summed E-state index contributed by atoms with van der Waals surface area (Å²) in [5.74, 6) is 0.0949. The fraction of sp³-hybridized carbons (Fsp3) is 0.250. The number of carbonyl (C=O) groups excluding carboxylic acids is 1.